The number of rotatable bonds is 5. The Morgan fingerprint density at radius 2 is 2.00 bits per heavy atom. The molecule has 88 valence electrons. The van der Waals surface area contributed by atoms with Gasteiger partial charge in [0.15, 0.2) is 0 Å². The first-order valence-electron chi connectivity index (χ1n) is 5.88. The predicted molar refractivity (Wildman–Crippen MR) is 65.8 cm³/mol. The summed E-state index contributed by atoms with van der Waals surface area (Å²) in [7, 11) is -1.18. The lowest BCUT2D eigenvalue weighted by Crippen LogP contribution is -2.23. The molecule has 1 aliphatic heterocycles. The van der Waals surface area contributed by atoms with E-state index in [1.807, 2.05) is 6.21 Å². The van der Waals surface area contributed by atoms with Crippen LogP contribution in [0.2, 0.25) is 11.1 Å². The second-order valence-electron chi connectivity index (χ2n) is 4.94. The van der Waals surface area contributed by atoms with E-state index in [-0.39, 0.29) is 0 Å². The summed E-state index contributed by atoms with van der Waals surface area (Å²) in [6, 6.07) is 0. The molecule has 1 fully saturated rings. The van der Waals surface area contributed by atoms with E-state index in [1.165, 1.54) is 0 Å². The number of nitrogens with zero attached hydrogens (tertiary/aromatic N) is 1. The van der Waals surface area contributed by atoms with Crippen LogP contribution in [0.25, 0.3) is 0 Å². The fraction of sp³-hybridized carbons (Fsp3) is 0.909. The van der Waals surface area contributed by atoms with Crippen LogP contribution >= 0.6 is 0 Å². The predicted octanol–water partition coefficient (Wildman–Crippen LogP) is 2.57. The smallest absolute Gasteiger partial charge is 0.277 e. The second kappa shape index (κ2) is 6.28. The molecule has 0 bridgehead atoms. The molecule has 4 heteroatoms. The van der Waals surface area contributed by atoms with E-state index >= 15 is 0 Å². The maximum absolute atomic E-state index is 5.68. The van der Waals surface area contributed by atoms with Gasteiger partial charge in [-0.3, -0.25) is 0 Å². The van der Waals surface area contributed by atoms with Crippen molar-refractivity contribution in [1.82, 2.24) is 0 Å². The van der Waals surface area contributed by atoms with E-state index in [0.29, 0.717) is 17.0 Å². The summed E-state index contributed by atoms with van der Waals surface area (Å²) in [5, 5.41) is 4.15. The normalized spacial score (nSPS) is 22.5. The van der Waals surface area contributed by atoms with Gasteiger partial charge in [0.1, 0.15) is 0 Å². The lowest BCUT2D eigenvalue weighted by Gasteiger charge is -2.20. The van der Waals surface area contributed by atoms with Gasteiger partial charge in [-0.25, -0.2) is 0 Å². The van der Waals surface area contributed by atoms with Crippen LogP contribution < -0.4 is 0 Å². The molecule has 1 rings (SSSR count). The molecule has 0 N–H and O–H groups in total. The molecule has 0 aromatic heterocycles. The molecule has 15 heavy (non-hydrogen) atoms. The van der Waals surface area contributed by atoms with Gasteiger partial charge < -0.3 is 9.26 Å². The van der Waals surface area contributed by atoms with Gasteiger partial charge in [0.2, 0.25) is 0 Å². The molecule has 0 aromatic rings. The van der Waals surface area contributed by atoms with Crippen LogP contribution in [0.1, 0.15) is 34.1 Å². The Kier molecular flexibility index (Phi) is 5.32. The molecule has 1 aliphatic rings. The molecule has 1 heterocycles. The van der Waals surface area contributed by atoms with Crippen LogP contribution in [0.15, 0.2) is 5.16 Å². The average Bonchev–Trinajstić information content (AvgIpc) is 2.63. The first kappa shape index (κ1) is 12.7. The van der Waals surface area contributed by atoms with Crippen LogP contribution in [0.4, 0.5) is 0 Å². The fourth-order valence-electron chi connectivity index (χ4n) is 1.88. The lowest BCUT2D eigenvalue weighted by atomic mass is 10.1. The van der Waals surface area contributed by atoms with Crippen molar-refractivity contribution in [1.29, 1.82) is 0 Å². The molecule has 0 aliphatic carbocycles. The lowest BCUT2D eigenvalue weighted by molar-refractivity contribution is 0.193. The number of hydrogen-bond donors (Lipinski definition) is 0. The van der Waals surface area contributed by atoms with Gasteiger partial charge in [-0.15, -0.1) is 5.16 Å². The third kappa shape index (κ3) is 4.34. The standard InChI is InChI=1S/C11H23NO2Si/c1-9(2)15(10(3)4)14-12-7-11-5-6-13-8-11/h7,9-11,15H,5-6,8H2,1-4H3. The molecule has 0 radical (unpaired) electrons. The van der Waals surface area contributed by atoms with Crippen LogP contribution in [0.5, 0.6) is 0 Å². The number of hydrogen-bond acceptors (Lipinski definition) is 3. The minimum Gasteiger partial charge on any atom is -0.459 e. The average molecular weight is 229 g/mol. The van der Waals surface area contributed by atoms with Crippen molar-refractivity contribution >= 4 is 15.3 Å². The van der Waals surface area contributed by atoms with E-state index in [0.717, 1.165) is 19.6 Å². The van der Waals surface area contributed by atoms with Crippen molar-refractivity contribution in [3.05, 3.63) is 0 Å². The SMILES string of the molecule is CC(C)[SiH](ON=CC1CCOC1)C(C)C. The summed E-state index contributed by atoms with van der Waals surface area (Å²) in [6.07, 6.45) is 3.01. The number of ether oxygens (including phenoxy) is 1. The molecular weight excluding hydrogens is 206 g/mol. The first-order chi connectivity index (χ1) is 7.11. The maximum atomic E-state index is 5.68. The van der Waals surface area contributed by atoms with Crippen LogP contribution in [-0.4, -0.2) is 28.5 Å². The topological polar surface area (TPSA) is 30.8 Å². The summed E-state index contributed by atoms with van der Waals surface area (Å²) in [5.41, 5.74) is 1.28. The highest BCUT2D eigenvalue weighted by molar-refractivity contribution is 6.54. The largest absolute Gasteiger partial charge is 0.459 e. The third-order valence-corrected chi connectivity index (χ3v) is 5.73. The Morgan fingerprint density at radius 1 is 1.33 bits per heavy atom. The first-order valence-corrected chi connectivity index (χ1v) is 7.68. The van der Waals surface area contributed by atoms with Crippen molar-refractivity contribution in [3.8, 4) is 0 Å². The minimum absolute atomic E-state index is 0.471. The van der Waals surface area contributed by atoms with Gasteiger partial charge in [-0.05, 0) is 17.5 Å². The highest BCUT2D eigenvalue weighted by Gasteiger charge is 2.23. The third-order valence-electron chi connectivity index (χ3n) is 2.73. The quantitative estimate of drug-likeness (QED) is 0.412. The van der Waals surface area contributed by atoms with Crippen molar-refractivity contribution in [2.75, 3.05) is 13.2 Å². The molecule has 0 aromatic carbocycles. The Morgan fingerprint density at radius 3 is 2.47 bits per heavy atom. The van der Waals surface area contributed by atoms with Crippen molar-refractivity contribution in [3.63, 3.8) is 0 Å². The Hall–Kier alpha value is -0.353. The Labute approximate surface area is 94.6 Å². The van der Waals surface area contributed by atoms with E-state index < -0.39 is 9.04 Å². The Balaban J connectivity index is 2.32. The molecule has 1 atom stereocenters. The zero-order valence-electron chi connectivity index (χ0n) is 10.3. The second-order valence-corrected chi connectivity index (χ2v) is 8.74. The van der Waals surface area contributed by atoms with E-state index in [1.54, 1.807) is 0 Å². The van der Waals surface area contributed by atoms with Crippen LogP contribution in [-0.2, 0) is 9.26 Å². The molecule has 0 amide bonds. The van der Waals surface area contributed by atoms with Crippen LogP contribution in [0.3, 0.4) is 0 Å². The zero-order valence-corrected chi connectivity index (χ0v) is 11.4. The molecule has 0 saturated carbocycles. The monoisotopic (exact) mass is 229 g/mol. The molecule has 0 spiro atoms. The maximum Gasteiger partial charge on any atom is 0.277 e. The van der Waals surface area contributed by atoms with Crippen molar-refractivity contribution in [2.24, 2.45) is 11.1 Å². The summed E-state index contributed by atoms with van der Waals surface area (Å²) in [5.74, 6) is 0.471. The molecular formula is C11H23NO2Si. The molecule has 3 nitrogen and oxygen atoms in total. The Bertz CT molecular complexity index is 193. The molecule has 1 unspecified atom stereocenters. The summed E-state index contributed by atoms with van der Waals surface area (Å²) < 4.78 is 11.0. The van der Waals surface area contributed by atoms with Gasteiger partial charge in [0.05, 0.1) is 6.61 Å². The fourth-order valence-corrected chi connectivity index (χ4v) is 4.11. The summed E-state index contributed by atoms with van der Waals surface area (Å²) >= 11 is 0. The summed E-state index contributed by atoms with van der Waals surface area (Å²) in [4.78, 5) is 0. The van der Waals surface area contributed by atoms with Gasteiger partial charge >= 0.3 is 0 Å². The van der Waals surface area contributed by atoms with E-state index in [9.17, 15) is 0 Å². The van der Waals surface area contributed by atoms with E-state index in [2.05, 4.69) is 32.9 Å². The summed E-state index contributed by atoms with van der Waals surface area (Å²) in [6.45, 7) is 10.6. The highest BCUT2D eigenvalue weighted by atomic mass is 28.3. The van der Waals surface area contributed by atoms with Gasteiger partial charge in [0, 0.05) is 18.7 Å². The van der Waals surface area contributed by atoms with Crippen LogP contribution in [0, 0.1) is 5.92 Å². The molecule has 1 saturated heterocycles. The van der Waals surface area contributed by atoms with Crippen molar-refractivity contribution < 1.29 is 9.26 Å². The minimum atomic E-state index is -1.18. The van der Waals surface area contributed by atoms with Crippen molar-refractivity contribution in [2.45, 2.75) is 45.2 Å². The zero-order chi connectivity index (χ0) is 11.3. The van der Waals surface area contributed by atoms with Gasteiger partial charge in [-0.2, -0.15) is 0 Å². The van der Waals surface area contributed by atoms with Gasteiger partial charge in [-0.1, -0.05) is 27.7 Å². The van der Waals surface area contributed by atoms with Gasteiger partial charge in [0.25, 0.3) is 9.04 Å². The van der Waals surface area contributed by atoms with E-state index in [4.69, 9.17) is 9.26 Å². The highest BCUT2D eigenvalue weighted by Crippen LogP contribution is 2.21. The number of oxime groups is 1.